The maximum absolute atomic E-state index is 5.72. The molecule has 1 unspecified atom stereocenters. The van der Waals surface area contributed by atoms with Gasteiger partial charge in [-0.15, -0.1) is 0 Å². The van der Waals surface area contributed by atoms with E-state index < -0.39 is 0 Å². The zero-order chi connectivity index (χ0) is 8.39. The SMILES string of the molecule is NCC1CCCc2ccccc21. The van der Waals surface area contributed by atoms with Crippen molar-refractivity contribution in [3.8, 4) is 0 Å². The highest BCUT2D eigenvalue weighted by Crippen LogP contribution is 2.30. The Bertz CT molecular complexity index is 267. The minimum atomic E-state index is 0.620. The van der Waals surface area contributed by atoms with E-state index in [0.29, 0.717) is 5.92 Å². The molecule has 1 aliphatic carbocycles. The molecule has 64 valence electrons. The van der Waals surface area contributed by atoms with Crippen molar-refractivity contribution in [1.29, 1.82) is 0 Å². The van der Waals surface area contributed by atoms with Crippen molar-refractivity contribution in [2.75, 3.05) is 6.54 Å². The van der Waals surface area contributed by atoms with Crippen LogP contribution in [0.15, 0.2) is 24.3 Å². The summed E-state index contributed by atoms with van der Waals surface area (Å²) in [5.74, 6) is 0.620. The van der Waals surface area contributed by atoms with Gasteiger partial charge in [-0.05, 0) is 42.9 Å². The van der Waals surface area contributed by atoms with Gasteiger partial charge in [-0.25, -0.2) is 0 Å². The van der Waals surface area contributed by atoms with Crippen LogP contribution < -0.4 is 5.73 Å². The molecule has 0 spiro atoms. The molecular weight excluding hydrogens is 146 g/mol. The van der Waals surface area contributed by atoms with E-state index in [1.165, 1.54) is 30.4 Å². The Kier molecular flexibility index (Phi) is 2.13. The van der Waals surface area contributed by atoms with Gasteiger partial charge in [-0.3, -0.25) is 0 Å². The Morgan fingerprint density at radius 1 is 1.33 bits per heavy atom. The second-order valence-corrected chi connectivity index (χ2v) is 3.52. The van der Waals surface area contributed by atoms with Gasteiger partial charge in [0.05, 0.1) is 0 Å². The van der Waals surface area contributed by atoms with Gasteiger partial charge in [0.2, 0.25) is 0 Å². The molecule has 2 rings (SSSR count). The molecule has 0 bridgehead atoms. The first-order chi connectivity index (χ1) is 5.92. The van der Waals surface area contributed by atoms with Crippen molar-refractivity contribution in [1.82, 2.24) is 0 Å². The number of fused-ring (bicyclic) bond motifs is 1. The fourth-order valence-electron chi connectivity index (χ4n) is 2.10. The molecule has 0 saturated carbocycles. The van der Waals surface area contributed by atoms with Gasteiger partial charge in [0.15, 0.2) is 0 Å². The molecule has 0 radical (unpaired) electrons. The molecule has 1 aromatic rings. The third-order valence-electron chi connectivity index (χ3n) is 2.78. The van der Waals surface area contributed by atoms with Crippen LogP contribution in [-0.4, -0.2) is 6.54 Å². The van der Waals surface area contributed by atoms with Crippen molar-refractivity contribution < 1.29 is 0 Å². The highest BCUT2D eigenvalue weighted by molar-refractivity contribution is 5.32. The molecule has 1 aliphatic rings. The zero-order valence-corrected chi connectivity index (χ0v) is 7.29. The van der Waals surface area contributed by atoms with E-state index in [0.717, 1.165) is 6.54 Å². The first kappa shape index (κ1) is 7.81. The second-order valence-electron chi connectivity index (χ2n) is 3.52. The quantitative estimate of drug-likeness (QED) is 0.670. The molecule has 1 aromatic carbocycles. The predicted octanol–water partition coefficient (Wildman–Crippen LogP) is 2.07. The van der Waals surface area contributed by atoms with Crippen molar-refractivity contribution >= 4 is 0 Å². The van der Waals surface area contributed by atoms with Gasteiger partial charge in [0, 0.05) is 0 Å². The summed E-state index contributed by atoms with van der Waals surface area (Å²) in [6.07, 6.45) is 3.82. The van der Waals surface area contributed by atoms with Crippen molar-refractivity contribution in [2.24, 2.45) is 5.73 Å². The molecule has 0 heterocycles. The Morgan fingerprint density at radius 3 is 3.00 bits per heavy atom. The third-order valence-corrected chi connectivity index (χ3v) is 2.78. The minimum absolute atomic E-state index is 0.620. The molecule has 1 heteroatoms. The Balaban J connectivity index is 2.37. The fourth-order valence-corrected chi connectivity index (χ4v) is 2.10. The number of aryl methyl sites for hydroxylation is 1. The summed E-state index contributed by atoms with van der Waals surface area (Å²) >= 11 is 0. The smallest absolute Gasteiger partial charge is 0.000813 e. The summed E-state index contributed by atoms with van der Waals surface area (Å²) in [5.41, 5.74) is 8.72. The Hall–Kier alpha value is -0.820. The number of hydrogen-bond donors (Lipinski definition) is 1. The summed E-state index contributed by atoms with van der Waals surface area (Å²) in [7, 11) is 0. The molecule has 2 N–H and O–H groups in total. The lowest BCUT2D eigenvalue weighted by Gasteiger charge is -2.23. The van der Waals surface area contributed by atoms with Crippen LogP contribution in [0, 0.1) is 0 Å². The lowest BCUT2D eigenvalue weighted by molar-refractivity contribution is 0.561. The third kappa shape index (κ3) is 1.25. The van der Waals surface area contributed by atoms with E-state index in [-0.39, 0.29) is 0 Å². The van der Waals surface area contributed by atoms with E-state index in [2.05, 4.69) is 24.3 Å². The lowest BCUT2D eigenvalue weighted by Crippen LogP contribution is -2.17. The highest BCUT2D eigenvalue weighted by atomic mass is 14.6. The summed E-state index contributed by atoms with van der Waals surface area (Å²) in [6.45, 7) is 0.803. The monoisotopic (exact) mass is 161 g/mol. The van der Waals surface area contributed by atoms with Crippen molar-refractivity contribution in [3.05, 3.63) is 35.4 Å². The van der Waals surface area contributed by atoms with Gasteiger partial charge < -0.3 is 5.73 Å². The average Bonchev–Trinajstić information content (AvgIpc) is 2.17. The topological polar surface area (TPSA) is 26.0 Å². The van der Waals surface area contributed by atoms with Crippen LogP contribution in [0.1, 0.15) is 29.9 Å². The van der Waals surface area contributed by atoms with Gasteiger partial charge in [0.25, 0.3) is 0 Å². The van der Waals surface area contributed by atoms with Crippen LogP contribution in [0.2, 0.25) is 0 Å². The minimum Gasteiger partial charge on any atom is -0.330 e. The maximum atomic E-state index is 5.72. The maximum Gasteiger partial charge on any atom is -0.000813 e. The Labute approximate surface area is 73.6 Å². The molecule has 0 amide bonds. The number of hydrogen-bond acceptors (Lipinski definition) is 1. The fraction of sp³-hybridized carbons (Fsp3) is 0.455. The average molecular weight is 161 g/mol. The molecule has 12 heavy (non-hydrogen) atoms. The van der Waals surface area contributed by atoms with Crippen LogP contribution in [0.4, 0.5) is 0 Å². The van der Waals surface area contributed by atoms with Crippen LogP contribution in [0.5, 0.6) is 0 Å². The molecule has 0 aromatic heterocycles. The number of benzene rings is 1. The van der Waals surface area contributed by atoms with Crippen molar-refractivity contribution in [3.63, 3.8) is 0 Å². The van der Waals surface area contributed by atoms with E-state index in [1.807, 2.05) is 0 Å². The largest absolute Gasteiger partial charge is 0.330 e. The molecule has 0 fully saturated rings. The van der Waals surface area contributed by atoms with E-state index in [4.69, 9.17) is 5.73 Å². The van der Waals surface area contributed by atoms with Gasteiger partial charge in [-0.2, -0.15) is 0 Å². The van der Waals surface area contributed by atoms with E-state index in [9.17, 15) is 0 Å². The number of rotatable bonds is 1. The van der Waals surface area contributed by atoms with Crippen molar-refractivity contribution in [2.45, 2.75) is 25.2 Å². The van der Waals surface area contributed by atoms with E-state index in [1.54, 1.807) is 0 Å². The summed E-state index contributed by atoms with van der Waals surface area (Å²) in [5, 5.41) is 0. The van der Waals surface area contributed by atoms with E-state index >= 15 is 0 Å². The first-order valence-electron chi connectivity index (χ1n) is 4.69. The van der Waals surface area contributed by atoms with Crippen LogP contribution >= 0.6 is 0 Å². The number of nitrogens with two attached hydrogens (primary N) is 1. The normalized spacial score (nSPS) is 21.9. The molecule has 1 nitrogen and oxygen atoms in total. The standard InChI is InChI=1S/C11H15N/c12-8-10-6-3-5-9-4-1-2-7-11(9)10/h1-2,4,7,10H,3,5-6,8,12H2. The second kappa shape index (κ2) is 3.28. The summed E-state index contributed by atoms with van der Waals surface area (Å²) in [6, 6.07) is 8.70. The summed E-state index contributed by atoms with van der Waals surface area (Å²) < 4.78 is 0. The molecule has 1 atom stereocenters. The first-order valence-corrected chi connectivity index (χ1v) is 4.69. The summed E-state index contributed by atoms with van der Waals surface area (Å²) in [4.78, 5) is 0. The van der Waals surface area contributed by atoms with Crippen LogP contribution in [0.3, 0.4) is 0 Å². The Morgan fingerprint density at radius 2 is 2.17 bits per heavy atom. The van der Waals surface area contributed by atoms with Crippen LogP contribution in [0.25, 0.3) is 0 Å². The highest BCUT2D eigenvalue weighted by Gasteiger charge is 2.17. The van der Waals surface area contributed by atoms with Gasteiger partial charge in [0.1, 0.15) is 0 Å². The van der Waals surface area contributed by atoms with Gasteiger partial charge >= 0.3 is 0 Å². The molecule has 0 aliphatic heterocycles. The predicted molar refractivity (Wildman–Crippen MR) is 51.2 cm³/mol. The zero-order valence-electron chi connectivity index (χ0n) is 7.29. The molecule has 0 saturated heterocycles. The van der Waals surface area contributed by atoms with Gasteiger partial charge in [-0.1, -0.05) is 24.3 Å². The van der Waals surface area contributed by atoms with Crippen LogP contribution in [-0.2, 0) is 6.42 Å². The lowest BCUT2D eigenvalue weighted by atomic mass is 9.83. The molecular formula is C11H15N.